The Kier molecular flexibility index (Phi) is 3.86. The van der Waals surface area contributed by atoms with Crippen molar-refractivity contribution in [1.29, 1.82) is 0 Å². The molecular weight excluding hydrogens is 258 g/mol. The summed E-state index contributed by atoms with van der Waals surface area (Å²) in [7, 11) is 0. The predicted octanol–water partition coefficient (Wildman–Crippen LogP) is 1.34. The Morgan fingerprint density at radius 3 is 2.79 bits per heavy atom. The second kappa shape index (κ2) is 5.57. The van der Waals surface area contributed by atoms with Crippen LogP contribution < -0.4 is 5.32 Å². The smallest absolute Gasteiger partial charge is 0.273 e. The summed E-state index contributed by atoms with van der Waals surface area (Å²) in [6, 6.07) is 4.53. The second-order valence-corrected chi connectivity index (χ2v) is 3.68. The maximum atomic E-state index is 13.1. The highest BCUT2D eigenvalue weighted by Crippen LogP contribution is 2.22. The van der Waals surface area contributed by atoms with Gasteiger partial charge in [0.15, 0.2) is 23.1 Å². The summed E-state index contributed by atoms with van der Waals surface area (Å²) in [5.41, 5.74) is 0.265. The molecule has 0 radical (unpaired) electrons. The van der Waals surface area contributed by atoms with Gasteiger partial charge in [0.2, 0.25) is 0 Å². The van der Waals surface area contributed by atoms with E-state index < -0.39 is 17.5 Å². The van der Waals surface area contributed by atoms with Gasteiger partial charge in [0.25, 0.3) is 5.91 Å². The van der Waals surface area contributed by atoms with Crippen molar-refractivity contribution in [3.63, 3.8) is 0 Å². The van der Waals surface area contributed by atoms with Crippen LogP contribution in [0.25, 0.3) is 11.3 Å². The number of hydrogen-bond acceptors (Lipinski definition) is 4. The molecule has 2 aromatic rings. The van der Waals surface area contributed by atoms with Crippen molar-refractivity contribution in [2.45, 2.75) is 0 Å². The van der Waals surface area contributed by atoms with Gasteiger partial charge in [-0.1, -0.05) is 5.16 Å². The van der Waals surface area contributed by atoms with Gasteiger partial charge in [0.05, 0.1) is 6.61 Å². The molecule has 5 nitrogen and oxygen atoms in total. The number of aliphatic hydroxyl groups is 1. The summed E-state index contributed by atoms with van der Waals surface area (Å²) in [6.07, 6.45) is 0. The van der Waals surface area contributed by atoms with E-state index in [2.05, 4.69) is 10.5 Å². The molecule has 2 rings (SSSR count). The van der Waals surface area contributed by atoms with Crippen molar-refractivity contribution in [1.82, 2.24) is 10.5 Å². The monoisotopic (exact) mass is 268 g/mol. The van der Waals surface area contributed by atoms with Gasteiger partial charge in [-0.25, -0.2) is 8.78 Å². The minimum absolute atomic E-state index is 0.00631. The Labute approximate surface area is 106 Å². The highest BCUT2D eigenvalue weighted by atomic mass is 19.2. The molecule has 0 fully saturated rings. The number of nitrogens with zero attached hydrogens (tertiary/aromatic N) is 1. The van der Waals surface area contributed by atoms with E-state index >= 15 is 0 Å². The zero-order valence-electron chi connectivity index (χ0n) is 9.69. The maximum absolute atomic E-state index is 13.1. The minimum atomic E-state index is -1.01. The lowest BCUT2D eigenvalue weighted by molar-refractivity contribution is 0.0936. The quantitative estimate of drug-likeness (QED) is 0.877. The van der Waals surface area contributed by atoms with Crippen LogP contribution in [-0.2, 0) is 0 Å². The predicted molar refractivity (Wildman–Crippen MR) is 61.3 cm³/mol. The summed E-state index contributed by atoms with van der Waals surface area (Å²) in [6.45, 7) is -0.105. The molecule has 1 aromatic heterocycles. The van der Waals surface area contributed by atoms with Crippen LogP contribution in [0.5, 0.6) is 0 Å². The Balaban J connectivity index is 2.20. The molecule has 7 heteroatoms. The zero-order valence-corrected chi connectivity index (χ0v) is 9.69. The van der Waals surface area contributed by atoms with Gasteiger partial charge >= 0.3 is 0 Å². The van der Waals surface area contributed by atoms with Crippen molar-refractivity contribution in [2.75, 3.05) is 13.2 Å². The minimum Gasteiger partial charge on any atom is -0.395 e. The SMILES string of the molecule is O=C(NCCO)c1cc(-c2ccc(F)c(F)c2)on1. The number of benzene rings is 1. The molecule has 0 bridgehead atoms. The number of hydrogen-bond donors (Lipinski definition) is 2. The molecule has 2 N–H and O–H groups in total. The first-order chi connectivity index (χ1) is 9.11. The van der Waals surface area contributed by atoms with E-state index in [9.17, 15) is 13.6 Å². The van der Waals surface area contributed by atoms with Gasteiger partial charge in [-0.15, -0.1) is 0 Å². The summed E-state index contributed by atoms with van der Waals surface area (Å²) < 4.78 is 30.7. The van der Waals surface area contributed by atoms with Crippen LogP contribution >= 0.6 is 0 Å². The van der Waals surface area contributed by atoms with Crippen LogP contribution in [0, 0.1) is 11.6 Å². The molecule has 1 amide bonds. The standard InChI is InChI=1S/C12H10F2N2O3/c13-8-2-1-7(5-9(8)14)11-6-10(16-19-11)12(18)15-3-4-17/h1-2,5-6,17H,3-4H2,(H,15,18). The second-order valence-electron chi connectivity index (χ2n) is 3.68. The molecule has 0 spiro atoms. The number of aromatic nitrogens is 1. The first-order valence-corrected chi connectivity index (χ1v) is 5.43. The first kappa shape index (κ1) is 13.2. The third-order valence-electron chi connectivity index (χ3n) is 2.34. The molecule has 19 heavy (non-hydrogen) atoms. The van der Waals surface area contributed by atoms with Crippen LogP contribution in [0.1, 0.15) is 10.5 Å². The molecule has 0 atom stereocenters. The molecule has 0 aliphatic rings. The van der Waals surface area contributed by atoms with Gasteiger partial charge in [0, 0.05) is 18.2 Å². The Morgan fingerprint density at radius 2 is 2.11 bits per heavy atom. The van der Waals surface area contributed by atoms with E-state index in [1.807, 2.05) is 0 Å². The number of carbonyl (C=O) groups excluding carboxylic acids is 1. The summed E-state index contributed by atoms with van der Waals surface area (Å²) in [5.74, 6) is -2.36. The number of aliphatic hydroxyl groups excluding tert-OH is 1. The van der Waals surface area contributed by atoms with E-state index in [1.54, 1.807) is 0 Å². The number of halogens is 2. The van der Waals surface area contributed by atoms with E-state index in [0.717, 1.165) is 12.1 Å². The largest absolute Gasteiger partial charge is 0.395 e. The number of carbonyl (C=O) groups is 1. The van der Waals surface area contributed by atoms with E-state index in [0.29, 0.717) is 0 Å². The Morgan fingerprint density at radius 1 is 1.32 bits per heavy atom. The van der Waals surface area contributed by atoms with Crippen molar-refractivity contribution < 1.29 is 23.2 Å². The molecule has 1 heterocycles. The fourth-order valence-corrected chi connectivity index (χ4v) is 1.43. The third kappa shape index (κ3) is 2.94. The normalized spacial score (nSPS) is 10.5. The van der Waals surface area contributed by atoms with Gasteiger partial charge in [-0.2, -0.15) is 0 Å². The molecule has 1 aromatic carbocycles. The topological polar surface area (TPSA) is 75.4 Å². The summed E-state index contributed by atoms with van der Waals surface area (Å²) >= 11 is 0. The van der Waals surface area contributed by atoms with Crippen molar-refractivity contribution in [3.05, 3.63) is 41.6 Å². The van der Waals surface area contributed by atoms with Crippen LogP contribution in [0.15, 0.2) is 28.8 Å². The van der Waals surface area contributed by atoms with Gasteiger partial charge < -0.3 is 14.9 Å². The zero-order chi connectivity index (χ0) is 13.8. The van der Waals surface area contributed by atoms with Crippen LogP contribution in [-0.4, -0.2) is 29.3 Å². The van der Waals surface area contributed by atoms with Crippen molar-refractivity contribution in [3.8, 4) is 11.3 Å². The summed E-state index contributed by atoms with van der Waals surface area (Å²) in [5, 5.41) is 14.5. The highest BCUT2D eigenvalue weighted by molar-refractivity contribution is 5.93. The lowest BCUT2D eigenvalue weighted by atomic mass is 10.1. The molecule has 0 saturated heterocycles. The van der Waals surface area contributed by atoms with Gasteiger partial charge in [-0.05, 0) is 18.2 Å². The Hall–Kier alpha value is -2.28. The van der Waals surface area contributed by atoms with Gasteiger partial charge in [0.1, 0.15) is 0 Å². The van der Waals surface area contributed by atoms with Crippen molar-refractivity contribution >= 4 is 5.91 Å². The van der Waals surface area contributed by atoms with E-state index in [-0.39, 0.29) is 30.2 Å². The molecular formula is C12H10F2N2O3. The highest BCUT2D eigenvalue weighted by Gasteiger charge is 2.14. The van der Waals surface area contributed by atoms with Crippen LogP contribution in [0.2, 0.25) is 0 Å². The summed E-state index contributed by atoms with van der Waals surface area (Å²) in [4.78, 5) is 11.5. The maximum Gasteiger partial charge on any atom is 0.273 e. The third-order valence-corrected chi connectivity index (χ3v) is 2.34. The number of rotatable bonds is 4. The molecule has 100 valence electrons. The number of amides is 1. The number of nitrogens with one attached hydrogen (secondary N) is 1. The van der Waals surface area contributed by atoms with E-state index in [1.165, 1.54) is 12.1 Å². The first-order valence-electron chi connectivity index (χ1n) is 5.43. The fraction of sp³-hybridized carbons (Fsp3) is 0.167. The average molecular weight is 268 g/mol. The van der Waals surface area contributed by atoms with Crippen LogP contribution in [0.4, 0.5) is 8.78 Å². The molecule has 0 aliphatic carbocycles. The van der Waals surface area contributed by atoms with Crippen LogP contribution in [0.3, 0.4) is 0 Å². The molecule has 0 unspecified atom stereocenters. The molecule has 0 saturated carbocycles. The molecule has 0 aliphatic heterocycles. The van der Waals surface area contributed by atoms with E-state index in [4.69, 9.17) is 9.63 Å². The fourth-order valence-electron chi connectivity index (χ4n) is 1.43. The lowest BCUT2D eigenvalue weighted by Crippen LogP contribution is -2.26. The average Bonchev–Trinajstić information content (AvgIpc) is 2.89. The van der Waals surface area contributed by atoms with Gasteiger partial charge in [-0.3, -0.25) is 4.79 Å². The van der Waals surface area contributed by atoms with Crippen molar-refractivity contribution in [2.24, 2.45) is 0 Å². The lowest BCUT2D eigenvalue weighted by Gasteiger charge is -1.97. The Bertz CT molecular complexity index is 598.